The van der Waals surface area contributed by atoms with Gasteiger partial charge in [0.05, 0.1) is 11.3 Å². The first-order valence-electron chi connectivity index (χ1n) is 4.68. The lowest BCUT2D eigenvalue weighted by Crippen LogP contribution is -2.33. The summed E-state index contributed by atoms with van der Waals surface area (Å²) in [6, 6.07) is 0. The maximum atomic E-state index is 8.57. The average molecular weight is 169 g/mol. The van der Waals surface area contributed by atoms with Crippen LogP contribution >= 0.6 is 0 Å². The molecule has 0 aromatic heterocycles. The van der Waals surface area contributed by atoms with Crippen LogP contribution in [0.3, 0.4) is 0 Å². The van der Waals surface area contributed by atoms with E-state index in [1.54, 1.807) is 0 Å². The summed E-state index contributed by atoms with van der Waals surface area (Å²) in [6.45, 7) is 0.922. The lowest BCUT2D eigenvalue weighted by molar-refractivity contribution is -0.0117. The van der Waals surface area contributed by atoms with Gasteiger partial charge in [0, 0.05) is 6.61 Å². The van der Waals surface area contributed by atoms with Gasteiger partial charge in [-0.15, -0.1) is 0 Å². The van der Waals surface area contributed by atoms with Crippen molar-refractivity contribution in [2.45, 2.75) is 44.1 Å². The molecule has 0 atom stereocenters. The minimum Gasteiger partial charge on any atom is -0.411 e. The summed E-state index contributed by atoms with van der Waals surface area (Å²) in [5, 5.41) is 11.8. The highest BCUT2D eigenvalue weighted by atomic mass is 16.5. The van der Waals surface area contributed by atoms with Crippen molar-refractivity contribution in [1.82, 2.24) is 0 Å². The zero-order chi connectivity index (χ0) is 8.44. The van der Waals surface area contributed by atoms with Crippen LogP contribution in [0.5, 0.6) is 0 Å². The minimum atomic E-state index is 0.161. The number of rotatable bonds is 0. The second-order valence-corrected chi connectivity index (χ2v) is 3.80. The van der Waals surface area contributed by atoms with Crippen molar-refractivity contribution >= 4 is 5.71 Å². The van der Waals surface area contributed by atoms with Gasteiger partial charge >= 0.3 is 0 Å². The molecule has 0 bridgehead atoms. The molecule has 1 spiro atoms. The second-order valence-electron chi connectivity index (χ2n) is 3.80. The molecule has 2 fully saturated rings. The Balaban J connectivity index is 1.97. The molecular weight excluding hydrogens is 154 g/mol. The zero-order valence-electron chi connectivity index (χ0n) is 7.25. The molecule has 12 heavy (non-hydrogen) atoms. The summed E-state index contributed by atoms with van der Waals surface area (Å²) in [5.41, 5.74) is 1.10. The van der Waals surface area contributed by atoms with Crippen molar-refractivity contribution in [3.8, 4) is 0 Å². The van der Waals surface area contributed by atoms with Crippen molar-refractivity contribution in [2.24, 2.45) is 5.16 Å². The molecular formula is C9H15NO2. The Morgan fingerprint density at radius 3 is 2.50 bits per heavy atom. The fourth-order valence-electron chi connectivity index (χ4n) is 2.24. The molecule has 3 heteroatoms. The molecule has 1 saturated carbocycles. The topological polar surface area (TPSA) is 41.8 Å². The van der Waals surface area contributed by atoms with Gasteiger partial charge in [-0.2, -0.15) is 0 Å². The third kappa shape index (κ3) is 1.33. The smallest absolute Gasteiger partial charge is 0.0690 e. The van der Waals surface area contributed by atoms with Gasteiger partial charge in [0.15, 0.2) is 0 Å². The molecule has 0 aromatic rings. The quantitative estimate of drug-likeness (QED) is 0.444. The van der Waals surface area contributed by atoms with E-state index in [2.05, 4.69) is 5.16 Å². The lowest BCUT2D eigenvalue weighted by Gasteiger charge is -2.32. The minimum absolute atomic E-state index is 0.161. The summed E-state index contributed by atoms with van der Waals surface area (Å²) >= 11 is 0. The fourth-order valence-corrected chi connectivity index (χ4v) is 2.24. The normalized spacial score (nSPS) is 35.8. The van der Waals surface area contributed by atoms with Crippen LogP contribution in [0.1, 0.15) is 38.5 Å². The molecule has 0 radical (unpaired) electrons. The van der Waals surface area contributed by atoms with Crippen LogP contribution in [-0.2, 0) is 4.74 Å². The highest BCUT2D eigenvalue weighted by Crippen LogP contribution is 2.38. The Labute approximate surface area is 72.4 Å². The van der Waals surface area contributed by atoms with E-state index >= 15 is 0 Å². The Kier molecular flexibility index (Phi) is 2.05. The molecule has 0 aromatic carbocycles. The maximum Gasteiger partial charge on any atom is 0.0690 e. The fraction of sp³-hybridized carbons (Fsp3) is 0.889. The van der Waals surface area contributed by atoms with Crippen LogP contribution in [0.25, 0.3) is 0 Å². The van der Waals surface area contributed by atoms with Crippen LogP contribution in [0.15, 0.2) is 5.16 Å². The summed E-state index contributed by atoms with van der Waals surface area (Å²) in [7, 11) is 0. The van der Waals surface area contributed by atoms with E-state index in [4.69, 9.17) is 9.94 Å². The molecule has 1 aliphatic carbocycles. The van der Waals surface area contributed by atoms with E-state index < -0.39 is 0 Å². The van der Waals surface area contributed by atoms with Gasteiger partial charge in [0.25, 0.3) is 0 Å². The first-order chi connectivity index (χ1) is 5.85. The van der Waals surface area contributed by atoms with Gasteiger partial charge < -0.3 is 9.94 Å². The van der Waals surface area contributed by atoms with E-state index in [1.807, 2.05) is 0 Å². The standard InChI is InChI=1S/C9H15NO2/c11-10-8-2-5-9(6-3-8)4-1-7-12-9/h11H,1-7H2. The van der Waals surface area contributed by atoms with Crippen molar-refractivity contribution < 1.29 is 9.94 Å². The van der Waals surface area contributed by atoms with Crippen LogP contribution in [-0.4, -0.2) is 23.1 Å². The number of ether oxygens (including phenoxy) is 1. The Hall–Kier alpha value is -0.570. The van der Waals surface area contributed by atoms with E-state index in [1.165, 1.54) is 12.8 Å². The first-order valence-corrected chi connectivity index (χ1v) is 4.68. The molecule has 0 amide bonds. The van der Waals surface area contributed by atoms with Crippen LogP contribution in [0.4, 0.5) is 0 Å². The Bertz CT molecular complexity index is 183. The summed E-state index contributed by atoms with van der Waals surface area (Å²) in [4.78, 5) is 0. The predicted octanol–water partition coefficient (Wildman–Crippen LogP) is 1.94. The molecule has 3 nitrogen and oxygen atoms in total. The summed E-state index contributed by atoms with van der Waals surface area (Å²) in [6.07, 6.45) is 6.32. The Morgan fingerprint density at radius 1 is 1.25 bits per heavy atom. The van der Waals surface area contributed by atoms with Gasteiger partial charge in [0.2, 0.25) is 0 Å². The molecule has 1 N–H and O–H groups in total. The number of hydrogen-bond acceptors (Lipinski definition) is 3. The maximum absolute atomic E-state index is 8.57. The number of oxime groups is 1. The van der Waals surface area contributed by atoms with E-state index in [0.717, 1.165) is 38.0 Å². The van der Waals surface area contributed by atoms with E-state index in [9.17, 15) is 0 Å². The molecule has 1 saturated heterocycles. The van der Waals surface area contributed by atoms with Crippen molar-refractivity contribution in [3.63, 3.8) is 0 Å². The monoisotopic (exact) mass is 169 g/mol. The predicted molar refractivity (Wildman–Crippen MR) is 45.6 cm³/mol. The second kappa shape index (κ2) is 3.05. The first kappa shape index (κ1) is 8.05. The third-order valence-corrected chi connectivity index (χ3v) is 3.06. The largest absolute Gasteiger partial charge is 0.411 e. The number of nitrogens with zero attached hydrogens (tertiary/aromatic N) is 1. The van der Waals surface area contributed by atoms with Gasteiger partial charge in [0.1, 0.15) is 0 Å². The highest BCUT2D eigenvalue weighted by Gasteiger charge is 2.37. The molecule has 68 valence electrons. The van der Waals surface area contributed by atoms with E-state index in [-0.39, 0.29) is 5.60 Å². The molecule has 1 aliphatic heterocycles. The summed E-state index contributed by atoms with van der Waals surface area (Å²) < 4.78 is 5.74. The van der Waals surface area contributed by atoms with Crippen LogP contribution < -0.4 is 0 Å². The average Bonchev–Trinajstić information content (AvgIpc) is 2.55. The zero-order valence-corrected chi connectivity index (χ0v) is 7.25. The molecule has 2 rings (SSSR count). The third-order valence-electron chi connectivity index (χ3n) is 3.06. The summed E-state index contributed by atoms with van der Waals surface area (Å²) in [5.74, 6) is 0. The van der Waals surface area contributed by atoms with Crippen LogP contribution in [0.2, 0.25) is 0 Å². The lowest BCUT2D eigenvalue weighted by atomic mass is 9.82. The van der Waals surface area contributed by atoms with E-state index in [0.29, 0.717) is 0 Å². The Morgan fingerprint density at radius 2 is 2.00 bits per heavy atom. The van der Waals surface area contributed by atoms with Gasteiger partial charge in [-0.05, 0) is 38.5 Å². The van der Waals surface area contributed by atoms with Gasteiger partial charge in [-0.1, -0.05) is 5.16 Å². The number of hydrogen-bond donors (Lipinski definition) is 1. The van der Waals surface area contributed by atoms with Crippen molar-refractivity contribution in [3.05, 3.63) is 0 Å². The molecule has 1 heterocycles. The van der Waals surface area contributed by atoms with Crippen LogP contribution in [0, 0.1) is 0 Å². The van der Waals surface area contributed by atoms with Crippen molar-refractivity contribution in [2.75, 3.05) is 6.61 Å². The van der Waals surface area contributed by atoms with Crippen molar-refractivity contribution in [1.29, 1.82) is 0 Å². The highest BCUT2D eigenvalue weighted by molar-refractivity contribution is 5.84. The molecule has 0 unspecified atom stereocenters. The van der Waals surface area contributed by atoms with Gasteiger partial charge in [-0.25, -0.2) is 0 Å². The SMILES string of the molecule is ON=C1CCC2(CCCO2)CC1. The molecule has 2 aliphatic rings. The van der Waals surface area contributed by atoms with Gasteiger partial charge in [-0.3, -0.25) is 0 Å².